The van der Waals surface area contributed by atoms with Crippen LogP contribution in [0.1, 0.15) is 53.9 Å². The molecule has 0 aromatic heterocycles. The lowest BCUT2D eigenvalue weighted by atomic mass is 9.95. The fourth-order valence-corrected chi connectivity index (χ4v) is 1.50. The van der Waals surface area contributed by atoms with Crippen LogP contribution in [0.3, 0.4) is 0 Å². The Labute approximate surface area is 109 Å². The van der Waals surface area contributed by atoms with Gasteiger partial charge >= 0.3 is 12.1 Å². The third kappa shape index (κ3) is 5.89. The number of carbonyl (C=O) groups is 2. The maximum absolute atomic E-state index is 11.7. The SMILES string of the molecule is CCCCC(C)(NC(=O)OC(C)(C)C)C(=O)OC. The second-order valence-electron chi connectivity index (χ2n) is 5.55. The standard InChI is InChI=1S/C13H25NO4/c1-7-8-9-13(5,10(15)17-6)14-11(16)18-12(2,3)4/h7-9H2,1-6H3,(H,14,16). The van der Waals surface area contributed by atoms with Gasteiger partial charge in [-0.15, -0.1) is 0 Å². The van der Waals surface area contributed by atoms with E-state index in [-0.39, 0.29) is 0 Å². The van der Waals surface area contributed by atoms with Gasteiger partial charge in [-0.25, -0.2) is 9.59 Å². The highest BCUT2D eigenvalue weighted by molar-refractivity contribution is 5.85. The van der Waals surface area contributed by atoms with Crippen molar-refractivity contribution in [2.45, 2.75) is 65.0 Å². The van der Waals surface area contributed by atoms with Gasteiger partial charge in [0.2, 0.25) is 0 Å². The lowest BCUT2D eigenvalue weighted by Gasteiger charge is -2.29. The number of nitrogens with one attached hydrogen (secondary N) is 1. The molecule has 0 fully saturated rings. The molecule has 1 atom stereocenters. The van der Waals surface area contributed by atoms with Gasteiger partial charge in [0.25, 0.3) is 0 Å². The second kappa shape index (κ2) is 6.61. The first kappa shape index (κ1) is 16.7. The molecule has 1 amide bonds. The van der Waals surface area contributed by atoms with Gasteiger partial charge in [-0.1, -0.05) is 19.8 Å². The van der Waals surface area contributed by atoms with E-state index in [0.717, 1.165) is 12.8 Å². The Hall–Kier alpha value is -1.26. The number of hydrogen-bond acceptors (Lipinski definition) is 4. The average molecular weight is 259 g/mol. The number of carbonyl (C=O) groups excluding carboxylic acids is 2. The van der Waals surface area contributed by atoms with Crippen LogP contribution in [0.4, 0.5) is 4.79 Å². The lowest BCUT2D eigenvalue weighted by Crippen LogP contribution is -2.53. The van der Waals surface area contributed by atoms with Crippen LogP contribution in [0.15, 0.2) is 0 Å². The predicted molar refractivity (Wildman–Crippen MR) is 69.3 cm³/mol. The highest BCUT2D eigenvalue weighted by atomic mass is 16.6. The first-order valence-corrected chi connectivity index (χ1v) is 6.24. The van der Waals surface area contributed by atoms with Crippen LogP contribution < -0.4 is 5.32 Å². The van der Waals surface area contributed by atoms with Crippen molar-refractivity contribution in [3.05, 3.63) is 0 Å². The van der Waals surface area contributed by atoms with Gasteiger partial charge in [0.1, 0.15) is 11.1 Å². The van der Waals surface area contributed by atoms with Crippen molar-refractivity contribution in [3.8, 4) is 0 Å². The normalized spacial score (nSPS) is 14.6. The van der Waals surface area contributed by atoms with Gasteiger partial charge in [0.05, 0.1) is 7.11 Å². The molecule has 0 aromatic rings. The molecule has 0 spiro atoms. The Morgan fingerprint density at radius 1 is 1.17 bits per heavy atom. The van der Waals surface area contributed by atoms with Crippen molar-refractivity contribution in [1.29, 1.82) is 0 Å². The molecule has 5 nitrogen and oxygen atoms in total. The van der Waals surface area contributed by atoms with E-state index in [0.29, 0.717) is 6.42 Å². The van der Waals surface area contributed by atoms with Crippen molar-refractivity contribution in [2.24, 2.45) is 0 Å². The van der Waals surface area contributed by atoms with E-state index in [4.69, 9.17) is 9.47 Å². The molecule has 0 aliphatic rings. The minimum Gasteiger partial charge on any atom is -0.467 e. The topological polar surface area (TPSA) is 64.6 Å². The molecule has 0 radical (unpaired) electrons. The maximum Gasteiger partial charge on any atom is 0.408 e. The molecule has 5 heteroatoms. The number of esters is 1. The molecule has 0 aliphatic carbocycles. The highest BCUT2D eigenvalue weighted by Crippen LogP contribution is 2.17. The van der Waals surface area contributed by atoms with E-state index < -0.39 is 23.2 Å². The van der Waals surface area contributed by atoms with Crippen LogP contribution in [0.2, 0.25) is 0 Å². The molecule has 0 saturated carbocycles. The third-order valence-corrected chi connectivity index (χ3v) is 2.44. The number of alkyl carbamates (subject to hydrolysis) is 1. The summed E-state index contributed by atoms with van der Waals surface area (Å²) >= 11 is 0. The van der Waals surface area contributed by atoms with Crippen LogP contribution >= 0.6 is 0 Å². The monoisotopic (exact) mass is 259 g/mol. The molecule has 0 rings (SSSR count). The van der Waals surface area contributed by atoms with Gasteiger partial charge in [-0.05, 0) is 34.1 Å². The van der Waals surface area contributed by atoms with Crippen LogP contribution in [-0.4, -0.2) is 30.3 Å². The first-order valence-electron chi connectivity index (χ1n) is 6.24. The zero-order valence-electron chi connectivity index (χ0n) is 12.3. The molecule has 1 unspecified atom stereocenters. The second-order valence-corrected chi connectivity index (χ2v) is 5.55. The van der Waals surface area contributed by atoms with Crippen LogP contribution in [0.25, 0.3) is 0 Å². The van der Waals surface area contributed by atoms with Crippen molar-refractivity contribution >= 4 is 12.1 Å². The summed E-state index contributed by atoms with van der Waals surface area (Å²) in [6, 6.07) is 0. The summed E-state index contributed by atoms with van der Waals surface area (Å²) in [7, 11) is 1.31. The molecule has 0 heterocycles. The van der Waals surface area contributed by atoms with Crippen molar-refractivity contribution in [1.82, 2.24) is 5.32 Å². The Balaban J connectivity index is 4.69. The minimum atomic E-state index is -1.03. The van der Waals surface area contributed by atoms with Gasteiger partial charge < -0.3 is 14.8 Å². The zero-order valence-corrected chi connectivity index (χ0v) is 12.3. The summed E-state index contributed by atoms with van der Waals surface area (Å²) in [4.78, 5) is 23.5. The molecule has 106 valence electrons. The number of amides is 1. The lowest BCUT2D eigenvalue weighted by molar-refractivity contribution is -0.148. The summed E-state index contributed by atoms with van der Waals surface area (Å²) in [5.74, 6) is -0.457. The Morgan fingerprint density at radius 3 is 2.11 bits per heavy atom. The molecule has 0 bridgehead atoms. The summed E-state index contributed by atoms with van der Waals surface area (Å²) in [6.45, 7) is 8.99. The number of hydrogen-bond donors (Lipinski definition) is 1. The van der Waals surface area contributed by atoms with Crippen molar-refractivity contribution < 1.29 is 19.1 Å². The van der Waals surface area contributed by atoms with Crippen molar-refractivity contribution in [3.63, 3.8) is 0 Å². The molecular formula is C13H25NO4. The van der Waals surface area contributed by atoms with E-state index >= 15 is 0 Å². The molecule has 18 heavy (non-hydrogen) atoms. The van der Waals surface area contributed by atoms with E-state index in [1.165, 1.54) is 7.11 Å². The van der Waals surface area contributed by atoms with E-state index in [9.17, 15) is 9.59 Å². The largest absolute Gasteiger partial charge is 0.467 e. The summed E-state index contributed by atoms with van der Waals surface area (Å²) in [6.07, 6.45) is 1.67. The average Bonchev–Trinajstić information content (AvgIpc) is 2.22. The van der Waals surface area contributed by atoms with E-state index in [2.05, 4.69) is 5.32 Å². The number of methoxy groups -OCH3 is 1. The first-order chi connectivity index (χ1) is 8.14. The molecular weight excluding hydrogens is 234 g/mol. The summed E-state index contributed by atoms with van der Waals surface area (Å²) in [5, 5.41) is 2.60. The summed E-state index contributed by atoms with van der Waals surface area (Å²) in [5.41, 5.74) is -1.63. The highest BCUT2D eigenvalue weighted by Gasteiger charge is 2.36. The van der Waals surface area contributed by atoms with E-state index in [1.807, 2.05) is 6.92 Å². The number of rotatable bonds is 5. The van der Waals surface area contributed by atoms with E-state index in [1.54, 1.807) is 27.7 Å². The van der Waals surface area contributed by atoms with Gasteiger partial charge in [0, 0.05) is 0 Å². The third-order valence-electron chi connectivity index (χ3n) is 2.44. The summed E-state index contributed by atoms with van der Waals surface area (Å²) < 4.78 is 9.88. The van der Waals surface area contributed by atoms with Crippen LogP contribution in [0, 0.1) is 0 Å². The fraction of sp³-hybridized carbons (Fsp3) is 0.846. The van der Waals surface area contributed by atoms with Crippen LogP contribution in [0.5, 0.6) is 0 Å². The van der Waals surface area contributed by atoms with Crippen LogP contribution in [-0.2, 0) is 14.3 Å². The maximum atomic E-state index is 11.7. The molecule has 0 aliphatic heterocycles. The molecule has 1 N–H and O–H groups in total. The number of unbranched alkanes of at least 4 members (excludes halogenated alkanes) is 1. The number of ether oxygens (including phenoxy) is 2. The Morgan fingerprint density at radius 2 is 1.72 bits per heavy atom. The fourth-order valence-electron chi connectivity index (χ4n) is 1.50. The molecule has 0 aromatic carbocycles. The van der Waals surface area contributed by atoms with Gasteiger partial charge in [0.15, 0.2) is 0 Å². The Bertz CT molecular complexity index is 296. The smallest absolute Gasteiger partial charge is 0.408 e. The van der Waals surface area contributed by atoms with Gasteiger partial charge in [-0.2, -0.15) is 0 Å². The Kier molecular flexibility index (Phi) is 6.15. The van der Waals surface area contributed by atoms with Gasteiger partial charge in [-0.3, -0.25) is 0 Å². The predicted octanol–water partition coefficient (Wildman–Crippen LogP) is 2.63. The zero-order chi connectivity index (χ0) is 14.4. The minimum absolute atomic E-state index is 0.457. The van der Waals surface area contributed by atoms with Crippen molar-refractivity contribution in [2.75, 3.05) is 7.11 Å². The molecule has 0 saturated heterocycles. The quantitative estimate of drug-likeness (QED) is 0.771.